The molecule has 98 valence electrons. The predicted octanol–water partition coefficient (Wildman–Crippen LogP) is 2.93. The molecule has 1 atom stereocenters. The zero-order chi connectivity index (χ0) is 13.0. The molecular formula is C15H21NO2. The maximum absolute atomic E-state index is 9.33. The van der Waals surface area contributed by atoms with Crippen LogP contribution in [-0.2, 0) is 6.54 Å². The lowest BCUT2D eigenvalue weighted by Crippen LogP contribution is -2.33. The summed E-state index contributed by atoms with van der Waals surface area (Å²) in [6, 6.07) is 8.17. The van der Waals surface area contributed by atoms with E-state index in [4.69, 9.17) is 4.42 Å². The van der Waals surface area contributed by atoms with Crippen molar-refractivity contribution in [2.75, 3.05) is 6.61 Å². The van der Waals surface area contributed by atoms with E-state index in [1.54, 1.807) is 6.26 Å². The zero-order valence-corrected chi connectivity index (χ0v) is 11.0. The Kier molecular flexibility index (Phi) is 4.39. The Morgan fingerprint density at radius 3 is 2.78 bits per heavy atom. The van der Waals surface area contributed by atoms with E-state index in [1.165, 1.54) is 0 Å². The average Bonchev–Trinajstić information content (AvgIpc) is 2.77. The fraction of sp³-hybridized carbons (Fsp3) is 0.467. The Balaban J connectivity index is 2.01. The number of nitrogens with one attached hydrogen (secondary N) is 1. The van der Waals surface area contributed by atoms with Gasteiger partial charge in [0.15, 0.2) is 0 Å². The Hall–Kier alpha value is -1.32. The Morgan fingerprint density at radius 2 is 2.06 bits per heavy atom. The maximum atomic E-state index is 9.33. The van der Waals surface area contributed by atoms with Crippen molar-refractivity contribution in [2.24, 2.45) is 5.92 Å². The summed E-state index contributed by atoms with van der Waals surface area (Å²) in [6.45, 7) is 5.23. The zero-order valence-electron chi connectivity index (χ0n) is 11.0. The minimum atomic E-state index is 0.152. The van der Waals surface area contributed by atoms with E-state index in [-0.39, 0.29) is 12.6 Å². The van der Waals surface area contributed by atoms with Crippen molar-refractivity contribution in [3.63, 3.8) is 0 Å². The number of benzene rings is 1. The first kappa shape index (κ1) is 13.1. The van der Waals surface area contributed by atoms with Crippen LogP contribution in [0.4, 0.5) is 0 Å². The quantitative estimate of drug-likeness (QED) is 0.825. The minimum Gasteiger partial charge on any atom is -0.464 e. The van der Waals surface area contributed by atoms with Crippen LogP contribution in [0.15, 0.2) is 34.9 Å². The lowest BCUT2D eigenvalue weighted by molar-refractivity contribution is 0.223. The molecule has 0 fully saturated rings. The van der Waals surface area contributed by atoms with Gasteiger partial charge in [0, 0.05) is 23.5 Å². The van der Waals surface area contributed by atoms with E-state index in [2.05, 4.69) is 25.2 Å². The molecule has 1 aromatic heterocycles. The number of furan rings is 1. The van der Waals surface area contributed by atoms with Gasteiger partial charge in [-0.3, -0.25) is 0 Å². The molecule has 18 heavy (non-hydrogen) atoms. The second-order valence-corrected chi connectivity index (χ2v) is 5.15. The number of fused-ring (bicyclic) bond motifs is 1. The van der Waals surface area contributed by atoms with E-state index >= 15 is 0 Å². The van der Waals surface area contributed by atoms with Gasteiger partial charge >= 0.3 is 0 Å². The molecule has 0 aliphatic heterocycles. The van der Waals surface area contributed by atoms with Gasteiger partial charge in [0.25, 0.3) is 0 Å². The topological polar surface area (TPSA) is 45.4 Å². The molecule has 0 saturated carbocycles. The Bertz CT molecular complexity index is 490. The van der Waals surface area contributed by atoms with Crippen molar-refractivity contribution in [2.45, 2.75) is 32.9 Å². The molecule has 0 bridgehead atoms. The first-order valence-corrected chi connectivity index (χ1v) is 6.50. The summed E-state index contributed by atoms with van der Waals surface area (Å²) >= 11 is 0. The summed E-state index contributed by atoms with van der Waals surface area (Å²) in [5.74, 6) is 0.579. The summed E-state index contributed by atoms with van der Waals surface area (Å²) < 4.78 is 5.49. The summed E-state index contributed by atoms with van der Waals surface area (Å²) in [4.78, 5) is 0. The van der Waals surface area contributed by atoms with Crippen molar-refractivity contribution in [1.82, 2.24) is 5.32 Å². The van der Waals surface area contributed by atoms with Gasteiger partial charge in [-0.2, -0.15) is 0 Å². The number of hydrogen-bond donors (Lipinski definition) is 2. The van der Waals surface area contributed by atoms with Gasteiger partial charge < -0.3 is 14.8 Å². The van der Waals surface area contributed by atoms with E-state index in [9.17, 15) is 5.11 Å². The number of hydrogen-bond acceptors (Lipinski definition) is 3. The fourth-order valence-corrected chi connectivity index (χ4v) is 2.22. The van der Waals surface area contributed by atoms with E-state index in [1.807, 2.05) is 18.2 Å². The van der Waals surface area contributed by atoms with Crippen molar-refractivity contribution in [1.29, 1.82) is 0 Å². The third kappa shape index (κ3) is 3.12. The Labute approximate surface area is 108 Å². The molecule has 2 N–H and O–H groups in total. The Morgan fingerprint density at radius 1 is 1.28 bits per heavy atom. The molecule has 0 radical (unpaired) electrons. The molecule has 3 heteroatoms. The molecule has 2 rings (SSSR count). The number of aliphatic hydroxyl groups excluding tert-OH is 1. The van der Waals surface area contributed by atoms with Gasteiger partial charge in [0.1, 0.15) is 5.58 Å². The molecule has 0 spiro atoms. The van der Waals surface area contributed by atoms with Crippen LogP contribution in [0.5, 0.6) is 0 Å². The van der Waals surface area contributed by atoms with Crippen molar-refractivity contribution in [3.05, 3.63) is 36.1 Å². The lowest BCUT2D eigenvalue weighted by Gasteiger charge is -2.17. The van der Waals surface area contributed by atoms with Gasteiger partial charge in [-0.25, -0.2) is 0 Å². The second kappa shape index (κ2) is 6.03. The minimum absolute atomic E-state index is 0.152. The first-order chi connectivity index (χ1) is 8.70. The van der Waals surface area contributed by atoms with E-state index in [0.717, 1.165) is 29.5 Å². The van der Waals surface area contributed by atoms with Crippen molar-refractivity contribution < 1.29 is 9.52 Å². The third-order valence-electron chi connectivity index (χ3n) is 3.12. The lowest BCUT2D eigenvalue weighted by atomic mass is 10.0. The van der Waals surface area contributed by atoms with Crippen molar-refractivity contribution in [3.8, 4) is 0 Å². The molecule has 0 aliphatic carbocycles. The van der Waals surface area contributed by atoms with Crippen LogP contribution in [0.2, 0.25) is 0 Å². The molecule has 3 nitrogen and oxygen atoms in total. The molecule has 1 heterocycles. The van der Waals surface area contributed by atoms with Gasteiger partial charge in [0.2, 0.25) is 0 Å². The maximum Gasteiger partial charge on any atom is 0.134 e. The van der Waals surface area contributed by atoms with Crippen LogP contribution in [0, 0.1) is 5.92 Å². The second-order valence-electron chi connectivity index (χ2n) is 5.15. The SMILES string of the molecule is CC(C)CC(CO)NCc1coc2ccccc12. The van der Waals surface area contributed by atoms with Gasteiger partial charge in [-0.1, -0.05) is 32.0 Å². The predicted molar refractivity (Wildman–Crippen MR) is 73.4 cm³/mol. The fourth-order valence-electron chi connectivity index (χ4n) is 2.22. The van der Waals surface area contributed by atoms with E-state index in [0.29, 0.717) is 5.92 Å². The van der Waals surface area contributed by atoms with Crippen LogP contribution in [0.25, 0.3) is 11.0 Å². The molecule has 0 saturated heterocycles. The molecule has 0 amide bonds. The van der Waals surface area contributed by atoms with Gasteiger partial charge in [-0.05, 0) is 18.4 Å². The highest BCUT2D eigenvalue weighted by molar-refractivity contribution is 5.80. The van der Waals surface area contributed by atoms with Crippen LogP contribution < -0.4 is 5.32 Å². The largest absolute Gasteiger partial charge is 0.464 e. The standard InChI is InChI=1S/C15H21NO2/c1-11(2)7-13(9-17)16-8-12-10-18-15-6-4-3-5-14(12)15/h3-6,10-11,13,16-17H,7-9H2,1-2H3. The highest BCUT2D eigenvalue weighted by atomic mass is 16.3. The first-order valence-electron chi connectivity index (χ1n) is 6.50. The van der Waals surface area contributed by atoms with E-state index < -0.39 is 0 Å². The molecular weight excluding hydrogens is 226 g/mol. The number of para-hydroxylation sites is 1. The summed E-state index contributed by atoms with van der Waals surface area (Å²) in [5, 5.41) is 13.9. The van der Waals surface area contributed by atoms with Crippen LogP contribution in [-0.4, -0.2) is 17.8 Å². The van der Waals surface area contributed by atoms with Crippen molar-refractivity contribution >= 4 is 11.0 Å². The molecule has 1 aromatic carbocycles. The smallest absolute Gasteiger partial charge is 0.134 e. The number of aliphatic hydroxyl groups is 1. The normalized spacial score (nSPS) is 13.3. The van der Waals surface area contributed by atoms with Gasteiger partial charge in [-0.15, -0.1) is 0 Å². The molecule has 0 aliphatic rings. The summed E-state index contributed by atoms with van der Waals surface area (Å²) in [6.07, 6.45) is 2.77. The highest BCUT2D eigenvalue weighted by Gasteiger charge is 2.11. The third-order valence-corrected chi connectivity index (χ3v) is 3.12. The highest BCUT2D eigenvalue weighted by Crippen LogP contribution is 2.20. The van der Waals surface area contributed by atoms with Crippen LogP contribution in [0.1, 0.15) is 25.8 Å². The van der Waals surface area contributed by atoms with Crippen LogP contribution in [0.3, 0.4) is 0 Å². The monoisotopic (exact) mass is 247 g/mol. The van der Waals surface area contributed by atoms with Gasteiger partial charge in [0.05, 0.1) is 12.9 Å². The number of rotatable bonds is 6. The molecule has 1 unspecified atom stereocenters. The summed E-state index contributed by atoms with van der Waals surface area (Å²) in [7, 11) is 0. The molecule has 2 aromatic rings. The van der Waals surface area contributed by atoms with Crippen LogP contribution >= 0.6 is 0 Å². The average molecular weight is 247 g/mol. The summed E-state index contributed by atoms with van der Waals surface area (Å²) in [5.41, 5.74) is 2.06.